The van der Waals surface area contributed by atoms with Gasteiger partial charge in [-0.3, -0.25) is 0 Å². The molecule has 18 heavy (non-hydrogen) atoms. The zero-order valence-corrected chi connectivity index (χ0v) is 11.2. The van der Waals surface area contributed by atoms with Gasteiger partial charge in [0.05, 0.1) is 5.69 Å². The minimum absolute atomic E-state index is 0.294. The van der Waals surface area contributed by atoms with Gasteiger partial charge in [-0.1, -0.05) is 6.07 Å². The van der Waals surface area contributed by atoms with Crippen molar-refractivity contribution in [1.29, 1.82) is 0 Å². The van der Waals surface area contributed by atoms with Gasteiger partial charge in [-0.2, -0.15) is 0 Å². The maximum absolute atomic E-state index is 5.65. The van der Waals surface area contributed by atoms with Crippen LogP contribution >= 0.6 is 0 Å². The van der Waals surface area contributed by atoms with Crippen LogP contribution in [0.15, 0.2) is 18.2 Å². The van der Waals surface area contributed by atoms with Crippen LogP contribution in [0.3, 0.4) is 0 Å². The summed E-state index contributed by atoms with van der Waals surface area (Å²) in [5.74, 6) is 0.907. The van der Waals surface area contributed by atoms with Gasteiger partial charge >= 0.3 is 0 Å². The molecule has 0 spiro atoms. The van der Waals surface area contributed by atoms with Crippen LogP contribution in [-0.4, -0.2) is 40.1 Å². The monoisotopic (exact) mass is 250 g/mol. The third-order valence-corrected chi connectivity index (χ3v) is 3.13. The van der Waals surface area contributed by atoms with E-state index in [9.17, 15) is 0 Å². The van der Waals surface area contributed by atoms with Crippen LogP contribution in [-0.2, 0) is 4.74 Å². The number of benzene rings is 1. The molecule has 4 heteroatoms. The number of nitrogens with zero attached hydrogens (tertiary/aromatic N) is 1. The van der Waals surface area contributed by atoms with E-state index in [0.717, 1.165) is 38.3 Å². The average Bonchev–Trinajstić information content (AvgIpc) is 2.66. The van der Waals surface area contributed by atoms with Gasteiger partial charge < -0.3 is 19.7 Å². The topological polar surface area (TPSA) is 33.7 Å². The number of methoxy groups -OCH3 is 1. The molecule has 0 atom stereocenters. The second kappa shape index (κ2) is 6.61. The molecule has 1 fully saturated rings. The molecule has 1 aromatic carbocycles. The van der Waals surface area contributed by atoms with Crippen molar-refractivity contribution in [2.24, 2.45) is 0 Å². The molecule has 0 aromatic heterocycles. The number of ether oxygens (including phenoxy) is 2. The van der Waals surface area contributed by atoms with Gasteiger partial charge in [0.2, 0.25) is 0 Å². The molecule has 100 valence electrons. The largest absolute Gasteiger partial charge is 0.465 e. The quantitative estimate of drug-likeness (QED) is 0.826. The second-order valence-corrected chi connectivity index (χ2v) is 4.61. The van der Waals surface area contributed by atoms with Crippen LogP contribution in [0, 0.1) is 6.92 Å². The van der Waals surface area contributed by atoms with E-state index in [2.05, 4.69) is 29.3 Å². The first kappa shape index (κ1) is 13.2. The van der Waals surface area contributed by atoms with E-state index in [4.69, 9.17) is 9.47 Å². The van der Waals surface area contributed by atoms with Gasteiger partial charge in [-0.15, -0.1) is 0 Å². The van der Waals surface area contributed by atoms with Gasteiger partial charge in [-0.25, -0.2) is 0 Å². The molecule has 2 rings (SSSR count). The lowest BCUT2D eigenvalue weighted by Gasteiger charge is -2.25. The van der Waals surface area contributed by atoms with Gasteiger partial charge in [0, 0.05) is 26.7 Å². The van der Waals surface area contributed by atoms with E-state index < -0.39 is 0 Å². The molecular formula is C14H22N2O2. The summed E-state index contributed by atoms with van der Waals surface area (Å²) >= 11 is 0. The smallest absolute Gasteiger partial charge is 0.188 e. The number of hydrogen-bond donors (Lipinski definition) is 1. The Balaban J connectivity index is 2.19. The predicted molar refractivity (Wildman–Crippen MR) is 73.4 cm³/mol. The van der Waals surface area contributed by atoms with Crippen molar-refractivity contribution in [3.63, 3.8) is 0 Å². The van der Waals surface area contributed by atoms with E-state index >= 15 is 0 Å². The molecule has 1 aliphatic rings. The van der Waals surface area contributed by atoms with Gasteiger partial charge in [0.25, 0.3) is 0 Å². The third kappa shape index (κ3) is 3.37. The maximum Gasteiger partial charge on any atom is 0.188 e. The zero-order valence-electron chi connectivity index (χ0n) is 11.2. The molecule has 0 radical (unpaired) electrons. The lowest BCUT2D eigenvalue weighted by molar-refractivity contribution is 0.0514. The summed E-state index contributed by atoms with van der Waals surface area (Å²) in [6.45, 7) is 6.61. The van der Waals surface area contributed by atoms with Crippen molar-refractivity contribution in [1.82, 2.24) is 5.32 Å². The van der Waals surface area contributed by atoms with Crippen molar-refractivity contribution >= 4 is 5.69 Å². The highest BCUT2D eigenvalue weighted by atomic mass is 16.7. The minimum Gasteiger partial charge on any atom is -0.465 e. The number of anilines is 1. The first-order chi connectivity index (χ1) is 8.81. The summed E-state index contributed by atoms with van der Waals surface area (Å²) in [5.41, 5.74) is 2.43. The molecule has 1 saturated heterocycles. The fourth-order valence-electron chi connectivity index (χ4n) is 2.21. The number of rotatable bonds is 4. The summed E-state index contributed by atoms with van der Waals surface area (Å²) < 4.78 is 10.6. The van der Waals surface area contributed by atoms with Gasteiger partial charge in [0.15, 0.2) is 6.79 Å². The van der Waals surface area contributed by atoms with Gasteiger partial charge in [0.1, 0.15) is 5.75 Å². The normalized spacial score (nSPS) is 16.4. The van der Waals surface area contributed by atoms with Crippen LogP contribution in [0.4, 0.5) is 5.69 Å². The van der Waals surface area contributed by atoms with E-state index in [1.807, 2.05) is 6.07 Å². The molecule has 0 bridgehead atoms. The highest BCUT2D eigenvalue weighted by Crippen LogP contribution is 2.29. The number of hydrogen-bond acceptors (Lipinski definition) is 4. The van der Waals surface area contributed by atoms with Crippen LogP contribution < -0.4 is 15.0 Å². The van der Waals surface area contributed by atoms with Crippen LogP contribution in [0.1, 0.15) is 12.0 Å². The Kier molecular flexibility index (Phi) is 4.84. The highest BCUT2D eigenvalue weighted by Gasteiger charge is 2.14. The molecule has 1 N–H and O–H groups in total. The summed E-state index contributed by atoms with van der Waals surface area (Å²) in [6.07, 6.45) is 1.16. The fourth-order valence-corrected chi connectivity index (χ4v) is 2.21. The molecule has 1 heterocycles. The number of aryl methyl sites for hydroxylation is 1. The lowest BCUT2D eigenvalue weighted by atomic mass is 10.2. The molecule has 1 aliphatic heterocycles. The molecular weight excluding hydrogens is 228 g/mol. The third-order valence-electron chi connectivity index (χ3n) is 3.13. The minimum atomic E-state index is 0.294. The Morgan fingerprint density at radius 2 is 2.17 bits per heavy atom. The Bertz CT molecular complexity index is 374. The van der Waals surface area contributed by atoms with Crippen LogP contribution in [0.5, 0.6) is 5.75 Å². The van der Waals surface area contributed by atoms with Crippen molar-refractivity contribution in [2.75, 3.05) is 45.0 Å². The maximum atomic E-state index is 5.65. The Hall–Kier alpha value is -1.26. The van der Waals surface area contributed by atoms with Gasteiger partial charge in [-0.05, 0) is 37.6 Å². The number of nitrogens with one attached hydrogen (secondary N) is 1. The van der Waals surface area contributed by atoms with E-state index in [1.165, 1.54) is 11.3 Å². The molecule has 0 saturated carbocycles. The zero-order chi connectivity index (χ0) is 12.8. The summed E-state index contributed by atoms with van der Waals surface area (Å²) in [6, 6.07) is 6.29. The van der Waals surface area contributed by atoms with Crippen molar-refractivity contribution in [2.45, 2.75) is 13.3 Å². The van der Waals surface area contributed by atoms with Crippen molar-refractivity contribution in [3.05, 3.63) is 23.8 Å². The Labute approximate surface area is 109 Å². The predicted octanol–water partition coefficient (Wildman–Crippen LogP) is 1.78. The van der Waals surface area contributed by atoms with Crippen LogP contribution in [0.25, 0.3) is 0 Å². The Morgan fingerprint density at radius 3 is 3.00 bits per heavy atom. The molecule has 4 nitrogen and oxygen atoms in total. The van der Waals surface area contributed by atoms with Crippen LogP contribution in [0.2, 0.25) is 0 Å². The lowest BCUT2D eigenvalue weighted by Crippen LogP contribution is -2.28. The average molecular weight is 250 g/mol. The van der Waals surface area contributed by atoms with E-state index in [1.54, 1.807) is 7.11 Å². The molecule has 0 amide bonds. The SMILES string of the molecule is COCOc1ccc(C)cc1N1CCCNCC1. The Morgan fingerprint density at radius 1 is 1.28 bits per heavy atom. The first-order valence-corrected chi connectivity index (χ1v) is 6.49. The standard InChI is InChI=1S/C14H22N2O2/c1-12-4-5-14(18-11-17-2)13(10-12)16-8-3-6-15-7-9-16/h4-5,10,15H,3,6-9,11H2,1-2H3. The van der Waals surface area contributed by atoms with Crippen molar-refractivity contribution in [3.8, 4) is 5.75 Å². The summed E-state index contributed by atoms with van der Waals surface area (Å²) in [7, 11) is 1.64. The fraction of sp³-hybridized carbons (Fsp3) is 0.571. The van der Waals surface area contributed by atoms with E-state index in [0.29, 0.717) is 6.79 Å². The molecule has 1 aromatic rings. The molecule has 0 aliphatic carbocycles. The van der Waals surface area contributed by atoms with Crippen molar-refractivity contribution < 1.29 is 9.47 Å². The highest BCUT2D eigenvalue weighted by molar-refractivity contribution is 5.60. The second-order valence-electron chi connectivity index (χ2n) is 4.61. The summed E-state index contributed by atoms with van der Waals surface area (Å²) in [5, 5.41) is 3.42. The molecule has 0 unspecified atom stereocenters. The summed E-state index contributed by atoms with van der Waals surface area (Å²) in [4.78, 5) is 2.39. The van der Waals surface area contributed by atoms with E-state index in [-0.39, 0.29) is 0 Å². The first-order valence-electron chi connectivity index (χ1n) is 6.49.